The molecule has 132 valence electrons. The Kier molecular flexibility index (Phi) is 6.95. The van der Waals surface area contributed by atoms with E-state index in [4.69, 9.17) is 5.11 Å². The summed E-state index contributed by atoms with van der Waals surface area (Å²) in [5.74, 6) is -1.66. The fourth-order valence-electron chi connectivity index (χ4n) is 2.74. The van der Waals surface area contributed by atoms with Gasteiger partial charge in [-0.15, -0.1) is 0 Å². The van der Waals surface area contributed by atoms with Gasteiger partial charge in [-0.05, 0) is 36.1 Å². The molecule has 0 bridgehead atoms. The predicted octanol–water partition coefficient (Wildman–Crippen LogP) is 2.77. The van der Waals surface area contributed by atoms with Crippen LogP contribution in [0, 0.1) is 5.92 Å². The number of phenolic OH excluding ortho intramolecular Hbond substituents is 1. The number of anilines is 1. The average molecular weight is 335 g/mol. The number of hydrogen-bond acceptors (Lipinski definition) is 4. The van der Waals surface area contributed by atoms with Crippen molar-refractivity contribution in [3.63, 3.8) is 0 Å². The number of aryl methyl sites for hydroxylation is 1. The lowest BCUT2D eigenvalue weighted by Crippen LogP contribution is -2.47. The van der Waals surface area contributed by atoms with Crippen LogP contribution in [0.3, 0.4) is 0 Å². The molecule has 1 unspecified atom stereocenters. The smallest absolute Gasteiger partial charge is 0.303 e. The Hall–Kier alpha value is -2.37. The summed E-state index contributed by atoms with van der Waals surface area (Å²) < 4.78 is 0. The predicted molar refractivity (Wildman–Crippen MR) is 91.1 cm³/mol. The van der Waals surface area contributed by atoms with Gasteiger partial charge in [0.15, 0.2) is 5.78 Å². The van der Waals surface area contributed by atoms with Crippen LogP contribution in [0.5, 0.6) is 5.75 Å². The topological polar surface area (TPSA) is 94.9 Å². The highest BCUT2D eigenvalue weighted by Gasteiger charge is 2.32. The van der Waals surface area contributed by atoms with Gasteiger partial charge < -0.3 is 15.1 Å². The Bertz CT molecular complexity index is 624. The molecule has 1 atom stereocenters. The molecule has 1 aromatic carbocycles. The Morgan fingerprint density at radius 3 is 2.25 bits per heavy atom. The third-order valence-electron chi connectivity index (χ3n) is 3.89. The summed E-state index contributed by atoms with van der Waals surface area (Å²) in [5, 5.41) is 18.6. The molecule has 24 heavy (non-hydrogen) atoms. The first-order chi connectivity index (χ1) is 11.2. The normalized spacial score (nSPS) is 12.0. The number of carboxylic acid groups (broad SMARTS) is 1. The van der Waals surface area contributed by atoms with Crippen LogP contribution in [0.4, 0.5) is 5.69 Å². The summed E-state index contributed by atoms with van der Waals surface area (Å²) in [7, 11) is 0. The molecule has 0 aliphatic rings. The average Bonchev–Trinajstić information content (AvgIpc) is 2.50. The molecule has 0 aromatic heterocycles. The van der Waals surface area contributed by atoms with Gasteiger partial charge in [0, 0.05) is 19.0 Å². The number of aliphatic carboxylic acids is 1. The van der Waals surface area contributed by atoms with E-state index in [9.17, 15) is 19.5 Å². The number of carbonyl (C=O) groups is 3. The molecule has 0 spiro atoms. The monoisotopic (exact) mass is 335 g/mol. The van der Waals surface area contributed by atoms with Crippen molar-refractivity contribution in [1.82, 2.24) is 0 Å². The van der Waals surface area contributed by atoms with Gasteiger partial charge in [-0.1, -0.05) is 20.8 Å². The molecule has 1 rings (SSSR count). The number of ketones is 1. The van der Waals surface area contributed by atoms with Crippen LogP contribution in [0.1, 0.15) is 46.1 Å². The number of aromatic hydroxyl groups is 1. The number of hydrogen-bond donors (Lipinski definition) is 2. The zero-order valence-corrected chi connectivity index (χ0v) is 14.6. The minimum Gasteiger partial charge on any atom is -0.508 e. The van der Waals surface area contributed by atoms with Gasteiger partial charge in [-0.3, -0.25) is 14.4 Å². The van der Waals surface area contributed by atoms with Crippen molar-refractivity contribution in [3.05, 3.63) is 23.8 Å². The molecule has 6 heteroatoms. The minimum absolute atomic E-state index is 0.124. The van der Waals surface area contributed by atoms with E-state index in [0.717, 1.165) is 0 Å². The number of carboxylic acids is 1. The molecular weight excluding hydrogens is 310 g/mol. The fourth-order valence-corrected chi connectivity index (χ4v) is 2.74. The van der Waals surface area contributed by atoms with Crippen LogP contribution < -0.4 is 4.90 Å². The summed E-state index contributed by atoms with van der Waals surface area (Å²) in [5.41, 5.74) is 1.21. The first-order valence-corrected chi connectivity index (χ1v) is 8.05. The van der Waals surface area contributed by atoms with Gasteiger partial charge >= 0.3 is 5.97 Å². The number of carbonyl (C=O) groups excluding carboxylic acids is 2. The number of Topliss-reactive ketones (excluding diaryl/α,β-unsaturated/α-hetero) is 1. The zero-order valence-electron chi connectivity index (χ0n) is 14.6. The highest BCUT2D eigenvalue weighted by molar-refractivity contribution is 6.01. The largest absolute Gasteiger partial charge is 0.508 e. The lowest BCUT2D eigenvalue weighted by molar-refractivity contribution is -0.138. The standard InChI is InChI=1S/C18H25NO5/c1-5-13-10-14(6-7-15(13)21)19(12(4)20)18(11(2)3)16(22)8-9-17(23)24/h6-7,10-11,18,21H,5,8-9H2,1-4H3,(H,23,24). The van der Waals surface area contributed by atoms with E-state index in [0.29, 0.717) is 17.7 Å². The van der Waals surface area contributed by atoms with E-state index < -0.39 is 12.0 Å². The maximum Gasteiger partial charge on any atom is 0.303 e. The van der Waals surface area contributed by atoms with Crippen LogP contribution in [0.25, 0.3) is 0 Å². The van der Waals surface area contributed by atoms with E-state index in [-0.39, 0.29) is 36.2 Å². The van der Waals surface area contributed by atoms with Crippen molar-refractivity contribution in [2.24, 2.45) is 5.92 Å². The van der Waals surface area contributed by atoms with Crippen LogP contribution in [0.2, 0.25) is 0 Å². The molecule has 6 nitrogen and oxygen atoms in total. The lowest BCUT2D eigenvalue weighted by atomic mass is 9.94. The third kappa shape index (κ3) is 4.81. The van der Waals surface area contributed by atoms with Crippen molar-refractivity contribution >= 4 is 23.3 Å². The highest BCUT2D eigenvalue weighted by atomic mass is 16.4. The fraction of sp³-hybridized carbons (Fsp3) is 0.500. The maximum atomic E-state index is 12.5. The quantitative estimate of drug-likeness (QED) is 0.761. The Balaban J connectivity index is 3.25. The molecule has 0 fully saturated rings. The van der Waals surface area contributed by atoms with Gasteiger partial charge in [0.25, 0.3) is 0 Å². The first kappa shape index (κ1) is 19.7. The second-order valence-corrected chi connectivity index (χ2v) is 6.10. The van der Waals surface area contributed by atoms with Crippen molar-refractivity contribution in [2.45, 2.75) is 53.0 Å². The van der Waals surface area contributed by atoms with Crippen LogP contribution in [-0.2, 0) is 20.8 Å². The number of rotatable bonds is 8. The number of nitrogens with zero attached hydrogens (tertiary/aromatic N) is 1. The van der Waals surface area contributed by atoms with E-state index in [1.165, 1.54) is 17.9 Å². The van der Waals surface area contributed by atoms with Gasteiger partial charge in [0.05, 0.1) is 12.5 Å². The maximum absolute atomic E-state index is 12.5. The summed E-state index contributed by atoms with van der Waals surface area (Å²) in [6.45, 7) is 6.90. The molecular formula is C18H25NO5. The summed E-state index contributed by atoms with van der Waals surface area (Å²) in [6, 6.07) is 4.05. The lowest BCUT2D eigenvalue weighted by Gasteiger charge is -2.33. The van der Waals surface area contributed by atoms with Crippen LogP contribution in [-0.4, -0.2) is 33.9 Å². The van der Waals surface area contributed by atoms with Gasteiger partial charge in [0.1, 0.15) is 5.75 Å². The Labute approximate surface area is 142 Å². The zero-order chi connectivity index (χ0) is 18.4. The van der Waals surface area contributed by atoms with Crippen LogP contribution in [0.15, 0.2) is 18.2 Å². The summed E-state index contributed by atoms with van der Waals surface area (Å²) in [4.78, 5) is 36.9. The van der Waals surface area contributed by atoms with Crippen molar-refractivity contribution in [1.29, 1.82) is 0 Å². The summed E-state index contributed by atoms with van der Waals surface area (Å²) >= 11 is 0. The highest BCUT2D eigenvalue weighted by Crippen LogP contribution is 2.28. The first-order valence-electron chi connectivity index (χ1n) is 8.05. The van der Waals surface area contributed by atoms with E-state index in [1.807, 2.05) is 20.8 Å². The van der Waals surface area contributed by atoms with Crippen molar-refractivity contribution < 1.29 is 24.6 Å². The second kappa shape index (κ2) is 8.47. The summed E-state index contributed by atoms with van der Waals surface area (Å²) in [6.07, 6.45) is 0.203. The SMILES string of the molecule is CCc1cc(N(C(C)=O)C(C(=O)CCC(=O)O)C(C)C)ccc1O. The number of benzene rings is 1. The van der Waals surface area contributed by atoms with E-state index >= 15 is 0 Å². The van der Waals surface area contributed by atoms with Crippen molar-refractivity contribution in [2.75, 3.05) is 4.90 Å². The molecule has 1 aromatic rings. The van der Waals surface area contributed by atoms with Gasteiger partial charge in [-0.25, -0.2) is 0 Å². The Morgan fingerprint density at radius 2 is 1.79 bits per heavy atom. The number of phenols is 1. The Morgan fingerprint density at radius 1 is 1.17 bits per heavy atom. The molecule has 1 amide bonds. The van der Waals surface area contributed by atoms with Crippen molar-refractivity contribution in [3.8, 4) is 5.75 Å². The van der Waals surface area contributed by atoms with Gasteiger partial charge in [0.2, 0.25) is 5.91 Å². The minimum atomic E-state index is -1.04. The molecule has 0 saturated heterocycles. The van der Waals surface area contributed by atoms with E-state index in [1.54, 1.807) is 12.1 Å². The molecule has 0 heterocycles. The molecule has 2 N–H and O–H groups in total. The van der Waals surface area contributed by atoms with E-state index in [2.05, 4.69) is 0 Å². The molecule has 0 radical (unpaired) electrons. The third-order valence-corrected chi connectivity index (χ3v) is 3.89. The van der Waals surface area contributed by atoms with Gasteiger partial charge in [-0.2, -0.15) is 0 Å². The molecule has 0 aliphatic heterocycles. The second-order valence-electron chi connectivity index (χ2n) is 6.10. The molecule has 0 saturated carbocycles. The molecule has 0 aliphatic carbocycles. The number of amides is 1. The van der Waals surface area contributed by atoms with Crippen LogP contribution >= 0.6 is 0 Å².